The molecule has 1 rings (SSSR count). The average Bonchev–Trinajstić information content (AvgIpc) is 2.35. The first-order valence-electron chi connectivity index (χ1n) is 6.70. The number of hydrogen-bond donors (Lipinski definition) is 1. The summed E-state index contributed by atoms with van der Waals surface area (Å²) in [6.07, 6.45) is 1.13. The first-order chi connectivity index (χ1) is 8.45. The van der Waals surface area contributed by atoms with Crippen LogP contribution in [0.4, 0.5) is 5.69 Å². The summed E-state index contributed by atoms with van der Waals surface area (Å²) in [6.45, 7) is 9.52. The Kier molecular flexibility index (Phi) is 5.97. The molecular formula is C15H25ClN2. The van der Waals surface area contributed by atoms with E-state index in [0.29, 0.717) is 12.1 Å². The van der Waals surface area contributed by atoms with E-state index >= 15 is 0 Å². The molecular weight excluding hydrogens is 244 g/mol. The van der Waals surface area contributed by atoms with Crippen molar-refractivity contribution in [3.63, 3.8) is 0 Å². The largest absolute Gasteiger partial charge is 0.372 e. The maximum Gasteiger partial charge on any atom is 0.0471 e. The lowest BCUT2D eigenvalue weighted by Crippen LogP contribution is -2.28. The molecule has 1 atom stereocenters. The van der Waals surface area contributed by atoms with Crippen LogP contribution in [0, 0.1) is 0 Å². The van der Waals surface area contributed by atoms with Crippen molar-refractivity contribution in [3.05, 3.63) is 28.8 Å². The van der Waals surface area contributed by atoms with E-state index in [1.165, 1.54) is 5.69 Å². The Bertz CT molecular complexity index is 377. The maximum atomic E-state index is 6.34. The van der Waals surface area contributed by atoms with Gasteiger partial charge in [-0.2, -0.15) is 0 Å². The minimum atomic E-state index is 0.475. The minimum Gasteiger partial charge on any atom is -0.372 e. The molecule has 102 valence electrons. The molecule has 0 aliphatic rings. The molecule has 0 fully saturated rings. The molecule has 1 aromatic rings. The summed E-state index contributed by atoms with van der Waals surface area (Å²) in [5.41, 5.74) is 2.34. The summed E-state index contributed by atoms with van der Waals surface area (Å²) in [5.74, 6) is 0. The van der Waals surface area contributed by atoms with Crippen molar-refractivity contribution in [2.75, 3.05) is 11.9 Å². The fraction of sp³-hybridized carbons (Fsp3) is 0.600. The smallest absolute Gasteiger partial charge is 0.0471 e. The van der Waals surface area contributed by atoms with Crippen LogP contribution in [0.1, 0.15) is 39.7 Å². The second-order valence-electron chi connectivity index (χ2n) is 5.18. The molecule has 2 nitrogen and oxygen atoms in total. The van der Waals surface area contributed by atoms with Gasteiger partial charge in [0.05, 0.1) is 0 Å². The van der Waals surface area contributed by atoms with Crippen LogP contribution in [0.5, 0.6) is 0 Å². The van der Waals surface area contributed by atoms with E-state index in [1.807, 2.05) is 0 Å². The Morgan fingerprint density at radius 1 is 1.28 bits per heavy atom. The number of halogens is 1. The number of rotatable bonds is 6. The third kappa shape index (κ3) is 4.18. The lowest BCUT2D eigenvalue weighted by Gasteiger charge is -2.26. The highest BCUT2D eigenvalue weighted by Crippen LogP contribution is 2.24. The van der Waals surface area contributed by atoms with E-state index in [2.05, 4.69) is 63.2 Å². The van der Waals surface area contributed by atoms with E-state index in [1.54, 1.807) is 0 Å². The number of hydrogen-bond acceptors (Lipinski definition) is 2. The molecule has 1 N–H and O–H groups in total. The van der Waals surface area contributed by atoms with Crippen LogP contribution in [-0.4, -0.2) is 19.1 Å². The van der Waals surface area contributed by atoms with Crippen molar-refractivity contribution in [2.24, 2.45) is 0 Å². The van der Waals surface area contributed by atoms with Crippen LogP contribution < -0.4 is 10.2 Å². The quantitative estimate of drug-likeness (QED) is 0.837. The Morgan fingerprint density at radius 2 is 1.94 bits per heavy atom. The second kappa shape index (κ2) is 7.01. The maximum absolute atomic E-state index is 6.34. The van der Waals surface area contributed by atoms with Gasteiger partial charge in [-0.3, -0.25) is 0 Å². The summed E-state index contributed by atoms with van der Waals surface area (Å²) in [7, 11) is 2.12. The summed E-state index contributed by atoms with van der Waals surface area (Å²) >= 11 is 6.34. The topological polar surface area (TPSA) is 15.3 Å². The molecule has 3 heteroatoms. The molecule has 0 radical (unpaired) electrons. The molecule has 0 saturated carbocycles. The minimum absolute atomic E-state index is 0.475. The summed E-state index contributed by atoms with van der Waals surface area (Å²) < 4.78 is 0. The van der Waals surface area contributed by atoms with Crippen molar-refractivity contribution in [2.45, 2.75) is 52.7 Å². The number of benzene rings is 1. The van der Waals surface area contributed by atoms with E-state index in [4.69, 9.17) is 11.6 Å². The van der Waals surface area contributed by atoms with Crippen LogP contribution in [0.15, 0.2) is 18.2 Å². The van der Waals surface area contributed by atoms with Crippen LogP contribution in [0.2, 0.25) is 5.02 Å². The van der Waals surface area contributed by atoms with Gasteiger partial charge in [0, 0.05) is 36.4 Å². The van der Waals surface area contributed by atoms with Crippen molar-refractivity contribution < 1.29 is 0 Å². The molecule has 18 heavy (non-hydrogen) atoms. The van der Waals surface area contributed by atoms with Gasteiger partial charge >= 0.3 is 0 Å². The van der Waals surface area contributed by atoms with Crippen molar-refractivity contribution in [1.82, 2.24) is 5.32 Å². The standard InChI is InChI=1S/C15H25ClN2/c1-6-12(4)18(5)14-8-7-13(15(16)9-14)10-17-11(2)3/h7-9,11-12,17H,6,10H2,1-5H3. The molecule has 0 saturated heterocycles. The molecule has 0 amide bonds. The van der Waals surface area contributed by atoms with Crippen LogP contribution >= 0.6 is 11.6 Å². The first kappa shape index (κ1) is 15.3. The van der Waals surface area contributed by atoms with Gasteiger partial charge in [-0.25, -0.2) is 0 Å². The van der Waals surface area contributed by atoms with Crippen LogP contribution in [0.25, 0.3) is 0 Å². The monoisotopic (exact) mass is 268 g/mol. The third-order valence-electron chi connectivity index (χ3n) is 3.40. The number of nitrogens with zero attached hydrogens (tertiary/aromatic N) is 1. The Morgan fingerprint density at radius 3 is 2.44 bits per heavy atom. The van der Waals surface area contributed by atoms with Gasteiger partial charge in [-0.1, -0.05) is 38.4 Å². The zero-order valence-electron chi connectivity index (χ0n) is 12.1. The fourth-order valence-corrected chi connectivity index (χ4v) is 1.98. The highest BCUT2D eigenvalue weighted by molar-refractivity contribution is 6.31. The SMILES string of the molecule is CCC(C)N(C)c1ccc(CNC(C)C)c(Cl)c1. The Balaban J connectivity index is 2.78. The normalized spacial score (nSPS) is 12.8. The van der Waals surface area contributed by atoms with Gasteiger partial charge in [0.25, 0.3) is 0 Å². The molecule has 0 bridgehead atoms. The molecule has 0 heterocycles. The van der Waals surface area contributed by atoms with Gasteiger partial charge in [0.15, 0.2) is 0 Å². The second-order valence-corrected chi connectivity index (χ2v) is 5.59. The predicted octanol–water partition coefficient (Wildman–Crippen LogP) is 4.07. The van der Waals surface area contributed by atoms with E-state index in [9.17, 15) is 0 Å². The van der Waals surface area contributed by atoms with Gasteiger partial charge in [0.2, 0.25) is 0 Å². The van der Waals surface area contributed by atoms with E-state index < -0.39 is 0 Å². The Hall–Kier alpha value is -0.730. The molecule has 0 aliphatic heterocycles. The summed E-state index contributed by atoms with van der Waals surface area (Å²) in [4.78, 5) is 2.27. The van der Waals surface area contributed by atoms with Crippen LogP contribution in [-0.2, 0) is 6.54 Å². The van der Waals surface area contributed by atoms with Crippen molar-refractivity contribution in [3.8, 4) is 0 Å². The highest BCUT2D eigenvalue weighted by atomic mass is 35.5. The fourth-order valence-electron chi connectivity index (χ4n) is 1.74. The third-order valence-corrected chi connectivity index (χ3v) is 3.75. The highest BCUT2D eigenvalue weighted by Gasteiger charge is 2.10. The summed E-state index contributed by atoms with van der Waals surface area (Å²) in [6, 6.07) is 7.33. The first-order valence-corrected chi connectivity index (χ1v) is 7.08. The number of nitrogens with one attached hydrogen (secondary N) is 1. The average molecular weight is 269 g/mol. The molecule has 1 aromatic carbocycles. The van der Waals surface area contributed by atoms with Crippen molar-refractivity contribution in [1.29, 1.82) is 0 Å². The van der Waals surface area contributed by atoms with E-state index in [0.717, 1.165) is 23.6 Å². The zero-order chi connectivity index (χ0) is 13.7. The van der Waals surface area contributed by atoms with Gasteiger partial charge in [-0.05, 0) is 31.0 Å². The molecule has 0 aliphatic carbocycles. The molecule has 0 aromatic heterocycles. The lowest BCUT2D eigenvalue weighted by atomic mass is 10.1. The Labute approximate surface area is 116 Å². The van der Waals surface area contributed by atoms with Crippen molar-refractivity contribution >= 4 is 17.3 Å². The number of anilines is 1. The summed E-state index contributed by atoms with van der Waals surface area (Å²) in [5, 5.41) is 4.23. The van der Waals surface area contributed by atoms with Gasteiger partial charge < -0.3 is 10.2 Å². The van der Waals surface area contributed by atoms with Crippen LogP contribution in [0.3, 0.4) is 0 Å². The van der Waals surface area contributed by atoms with Gasteiger partial charge in [0.1, 0.15) is 0 Å². The lowest BCUT2D eigenvalue weighted by molar-refractivity contribution is 0.589. The predicted molar refractivity (Wildman–Crippen MR) is 81.6 cm³/mol. The van der Waals surface area contributed by atoms with Gasteiger partial charge in [-0.15, -0.1) is 0 Å². The van der Waals surface area contributed by atoms with E-state index in [-0.39, 0.29) is 0 Å². The zero-order valence-corrected chi connectivity index (χ0v) is 12.9. The molecule has 0 spiro atoms. The molecule has 1 unspecified atom stereocenters.